The largest absolute Gasteiger partial charge is 0.383 e. The number of nitrogens with one attached hydrogen (secondary N) is 2. The van der Waals surface area contributed by atoms with E-state index in [2.05, 4.69) is 10.0 Å². The van der Waals surface area contributed by atoms with Gasteiger partial charge in [-0.3, -0.25) is 0 Å². The van der Waals surface area contributed by atoms with E-state index in [1.54, 1.807) is 7.11 Å². The highest BCUT2D eigenvalue weighted by molar-refractivity contribution is 7.89. The predicted molar refractivity (Wildman–Crippen MR) is 66.0 cm³/mol. The first-order chi connectivity index (χ1) is 7.43. The van der Waals surface area contributed by atoms with Crippen molar-refractivity contribution in [2.75, 3.05) is 33.1 Å². The summed E-state index contributed by atoms with van der Waals surface area (Å²) in [5, 5.41) is 2.92. The third-order valence-electron chi connectivity index (χ3n) is 2.32. The Hall–Kier alpha value is -0.170. The van der Waals surface area contributed by atoms with E-state index in [0.29, 0.717) is 19.6 Å². The fourth-order valence-electron chi connectivity index (χ4n) is 1.27. The van der Waals surface area contributed by atoms with Crippen LogP contribution in [0.15, 0.2) is 0 Å². The van der Waals surface area contributed by atoms with E-state index in [0.717, 1.165) is 0 Å². The van der Waals surface area contributed by atoms with Gasteiger partial charge in [0.2, 0.25) is 10.0 Å². The minimum atomic E-state index is -3.19. The summed E-state index contributed by atoms with van der Waals surface area (Å²) in [6, 6.07) is -0.149. The van der Waals surface area contributed by atoms with Gasteiger partial charge < -0.3 is 10.1 Å². The van der Waals surface area contributed by atoms with Crippen molar-refractivity contribution in [3.05, 3.63) is 0 Å². The molecule has 2 N–H and O–H groups in total. The van der Waals surface area contributed by atoms with Crippen LogP contribution in [0, 0.1) is 5.92 Å². The molecule has 0 bridgehead atoms. The first kappa shape index (κ1) is 15.8. The third kappa shape index (κ3) is 7.16. The Bertz CT molecular complexity index is 265. The maximum atomic E-state index is 11.7. The highest BCUT2D eigenvalue weighted by Gasteiger charge is 2.20. The number of methoxy groups -OCH3 is 1. The monoisotopic (exact) mass is 252 g/mol. The van der Waals surface area contributed by atoms with E-state index in [1.807, 2.05) is 20.9 Å². The van der Waals surface area contributed by atoms with Crippen LogP contribution < -0.4 is 10.0 Å². The topological polar surface area (TPSA) is 67.4 Å². The molecule has 0 saturated heterocycles. The Morgan fingerprint density at radius 1 is 1.31 bits per heavy atom. The smallest absolute Gasteiger partial charge is 0.211 e. The molecule has 0 spiro atoms. The maximum Gasteiger partial charge on any atom is 0.211 e. The fourth-order valence-corrected chi connectivity index (χ4v) is 2.71. The van der Waals surface area contributed by atoms with Crippen LogP contribution in [0.1, 0.15) is 20.3 Å². The molecular weight excluding hydrogens is 228 g/mol. The average Bonchev–Trinajstić information content (AvgIpc) is 2.17. The van der Waals surface area contributed by atoms with E-state index < -0.39 is 10.0 Å². The van der Waals surface area contributed by atoms with Crippen LogP contribution in [-0.4, -0.2) is 47.5 Å². The normalized spacial score (nSPS) is 14.3. The lowest BCUT2D eigenvalue weighted by Gasteiger charge is -2.21. The first-order valence-corrected chi connectivity index (χ1v) is 7.21. The van der Waals surface area contributed by atoms with Gasteiger partial charge in [-0.15, -0.1) is 0 Å². The number of hydrogen-bond donors (Lipinski definition) is 2. The Kier molecular flexibility index (Phi) is 7.91. The molecule has 0 radical (unpaired) electrons. The lowest BCUT2D eigenvalue weighted by molar-refractivity contribution is 0.157. The van der Waals surface area contributed by atoms with E-state index >= 15 is 0 Å². The van der Waals surface area contributed by atoms with Gasteiger partial charge in [0.05, 0.1) is 12.4 Å². The van der Waals surface area contributed by atoms with Crippen LogP contribution in [0.25, 0.3) is 0 Å². The zero-order chi connectivity index (χ0) is 12.6. The van der Waals surface area contributed by atoms with Crippen molar-refractivity contribution >= 4 is 10.0 Å². The molecular formula is C10H24N2O3S. The molecule has 1 unspecified atom stereocenters. The number of rotatable bonds is 9. The minimum absolute atomic E-state index is 0.149. The first-order valence-electron chi connectivity index (χ1n) is 5.56. The molecule has 0 aliphatic carbocycles. The van der Waals surface area contributed by atoms with Gasteiger partial charge in [0.1, 0.15) is 0 Å². The molecule has 0 fully saturated rings. The molecule has 0 aromatic rings. The third-order valence-corrected chi connectivity index (χ3v) is 3.81. The van der Waals surface area contributed by atoms with Crippen molar-refractivity contribution in [2.24, 2.45) is 5.92 Å². The molecule has 0 aromatic carbocycles. The molecule has 0 aliphatic rings. The van der Waals surface area contributed by atoms with Gasteiger partial charge in [0.25, 0.3) is 0 Å². The van der Waals surface area contributed by atoms with Gasteiger partial charge >= 0.3 is 0 Å². The van der Waals surface area contributed by atoms with E-state index in [4.69, 9.17) is 4.74 Å². The molecule has 98 valence electrons. The van der Waals surface area contributed by atoms with Crippen molar-refractivity contribution in [3.63, 3.8) is 0 Å². The molecule has 1 atom stereocenters. The molecule has 0 saturated carbocycles. The quantitative estimate of drug-likeness (QED) is 0.575. The van der Waals surface area contributed by atoms with E-state index in [-0.39, 0.29) is 17.7 Å². The van der Waals surface area contributed by atoms with Gasteiger partial charge in [-0.25, -0.2) is 13.1 Å². The zero-order valence-corrected chi connectivity index (χ0v) is 11.4. The molecule has 5 nitrogen and oxygen atoms in total. The summed E-state index contributed by atoms with van der Waals surface area (Å²) in [6.45, 7) is 5.06. The Morgan fingerprint density at radius 2 is 1.94 bits per heavy atom. The summed E-state index contributed by atoms with van der Waals surface area (Å²) in [5.74, 6) is 0.375. The molecule has 0 aromatic heterocycles. The van der Waals surface area contributed by atoms with Crippen LogP contribution in [0.2, 0.25) is 0 Å². The minimum Gasteiger partial charge on any atom is -0.383 e. The number of ether oxygens (including phenoxy) is 1. The van der Waals surface area contributed by atoms with Crippen LogP contribution in [0.5, 0.6) is 0 Å². The van der Waals surface area contributed by atoms with Crippen LogP contribution in [0.4, 0.5) is 0 Å². The van der Waals surface area contributed by atoms with Gasteiger partial charge in [-0.2, -0.15) is 0 Å². The highest BCUT2D eigenvalue weighted by atomic mass is 32.2. The van der Waals surface area contributed by atoms with E-state index in [1.165, 1.54) is 0 Å². The molecule has 0 amide bonds. The van der Waals surface area contributed by atoms with E-state index in [9.17, 15) is 8.42 Å². The molecule has 0 heterocycles. The van der Waals surface area contributed by atoms with Crippen LogP contribution in [0.3, 0.4) is 0 Å². The Labute approximate surface area is 99.0 Å². The lowest BCUT2D eigenvalue weighted by atomic mass is 10.1. The second-order valence-electron chi connectivity index (χ2n) is 4.20. The number of sulfonamides is 1. The summed E-state index contributed by atoms with van der Waals surface area (Å²) in [4.78, 5) is 0. The Balaban J connectivity index is 4.19. The fraction of sp³-hybridized carbons (Fsp3) is 1.00. The molecule has 16 heavy (non-hydrogen) atoms. The second-order valence-corrected chi connectivity index (χ2v) is 6.07. The standard InChI is InChI=1S/C10H24N2O3S/c1-9(2)10(8-15-4)12-16(13,14)7-5-6-11-3/h9-12H,5-8H2,1-4H3. The van der Waals surface area contributed by atoms with Crippen molar-refractivity contribution in [3.8, 4) is 0 Å². The summed E-state index contributed by atoms with van der Waals surface area (Å²) in [6.07, 6.45) is 0.615. The Morgan fingerprint density at radius 3 is 2.38 bits per heavy atom. The summed E-state index contributed by atoms with van der Waals surface area (Å²) in [7, 11) is 0.191. The van der Waals surface area contributed by atoms with Gasteiger partial charge in [0.15, 0.2) is 0 Å². The van der Waals surface area contributed by atoms with Crippen LogP contribution >= 0.6 is 0 Å². The van der Waals surface area contributed by atoms with Crippen molar-refractivity contribution < 1.29 is 13.2 Å². The predicted octanol–water partition coefficient (Wildman–Crippen LogP) is 0.186. The van der Waals surface area contributed by atoms with Gasteiger partial charge in [-0.05, 0) is 25.9 Å². The van der Waals surface area contributed by atoms with Crippen molar-refractivity contribution in [1.29, 1.82) is 0 Å². The molecule has 6 heteroatoms. The SMILES string of the molecule is CNCCCS(=O)(=O)NC(COC)C(C)C. The highest BCUT2D eigenvalue weighted by Crippen LogP contribution is 2.04. The average molecular weight is 252 g/mol. The molecule has 0 rings (SSSR count). The summed E-state index contributed by atoms with van der Waals surface area (Å²) >= 11 is 0. The van der Waals surface area contributed by atoms with Crippen molar-refractivity contribution in [1.82, 2.24) is 10.0 Å². The van der Waals surface area contributed by atoms with Crippen molar-refractivity contribution in [2.45, 2.75) is 26.3 Å². The second kappa shape index (κ2) is 8.00. The summed E-state index contributed by atoms with van der Waals surface area (Å²) in [5.41, 5.74) is 0. The maximum absolute atomic E-state index is 11.7. The summed E-state index contributed by atoms with van der Waals surface area (Å²) < 4.78 is 31.1. The van der Waals surface area contributed by atoms with Gasteiger partial charge in [-0.1, -0.05) is 13.8 Å². The van der Waals surface area contributed by atoms with Crippen LogP contribution in [-0.2, 0) is 14.8 Å². The number of hydrogen-bond acceptors (Lipinski definition) is 4. The molecule has 0 aliphatic heterocycles. The zero-order valence-electron chi connectivity index (χ0n) is 10.6. The lowest BCUT2D eigenvalue weighted by Crippen LogP contribution is -2.42. The van der Waals surface area contributed by atoms with Gasteiger partial charge in [0, 0.05) is 13.2 Å².